The van der Waals surface area contributed by atoms with Crippen LogP contribution in [0.3, 0.4) is 0 Å². The number of H-pyrrole nitrogens is 1. The van der Waals surface area contributed by atoms with Gasteiger partial charge in [-0.1, -0.05) is 0 Å². The Morgan fingerprint density at radius 3 is 2.85 bits per heavy atom. The molecule has 0 unspecified atom stereocenters. The fourth-order valence-corrected chi connectivity index (χ4v) is 2.83. The molecule has 0 radical (unpaired) electrons. The van der Waals surface area contributed by atoms with Crippen molar-refractivity contribution in [3.63, 3.8) is 0 Å². The summed E-state index contributed by atoms with van der Waals surface area (Å²) in [5.74, 6) is -0.0784. The van der Waals surface area contributed by atoms with Crippen molar-refractivity contribution in [2.24, 2.45) is 0 Å². The smallest absolute Gasteiger partial charge is 0.234 e. The zero-order valence-corrected chi connectivity index (χ0v) is 14.0. The maximum Gasteiger partial charge on any atom is 0.234 e. The molecule has 12 nitrogen and oxygen atoms in total. The Kier molecular flexibility index (Phi) is 5.58. The lowest BCUT2D eigenvalue weighted by Crippen LogP contribution is -2.66. The average molecular weight is 367 g/mol. The van der Waals surface area contributed by atoms with E-state index in [9.17, 15) is 20.1 Å². The van der Waals surface area contributed by atoms with Crippen LogP contribution in [-0.2, 0) is 9.53 Å². The molecule has 2 aromatic rings. The number of carbonyl (C=O) groups is 1. The Morgan fingerprint density at radius 1 is 1.31 bits per heavy atom. The highest BCUT2D eigenvalue weighted by atomic mass is 16.5. The van der Waals surface area contributed by atoms with Gasteiger partial charge < -0.3 is 41.0 Å². The fraction of sp³-hybridized carbons (Fsp3) is 0.571. The molecule has 0 spiro atoms. The molecule has 0 aromatic carbocycles. The first-order valence-corrected chi connectivity index (χ1v) is 8.02. The Balaban J connectivity index is 1.76. The molecule has 0 aliphatic carbocycles. The lowest BCUT2D eigenvalue weighted by atomic mass is 9.95. The van der Waals surface area contributed by atoms with Crippen LogP contribution in [-0.4, -0.2) is 91.9 Å². The lowest BCUT2D eigenvalue weighted by Gasteiger charge is -2.42. The number of aromatic amines is 1. The summed E-state index contributed by atoms with van der Waals surface area (Å²) in [5, 5.41) is 38.5. The predicted molar refractivity (Wildman–Crippen MR) is 88.9 cm³/mol. The van der Waals surface area contributed by atoms with Gasteiger partial charge in [-0.15, -0.1) is 0 Å². The van der Waals surface area contributed by atoms with Gasteiger partial charge in [0.05, 0.1) is 25.5 Å². The molecule has 1 aliphatic heterocycles. The van der Waals surface area contributed by atoms with E-state index in [1.54, 1.807) is 7.05 Å². The number of rotatable bonds is 6. The molecular weight excluding hydrogens is 346 g/mol. The molecule has 142 valence electrons. The molecule has 3 rings (SSSR count). The zero-order valence-electron chi connectivity index (χ0n) is 14.0. The second kappa shape index (κ2) is 7.88. The molecule has 5 atom stereocenters. The summed E-state index contributed by atoms with van der Waals surface area (Å²) in [4.78, 5) is 26.7. The van der Waals surface area contributed by atoms with E-state index in [0.717, 1.165) is 0 Å². The Bertz CT molecular complexity index is 754. The highest BCUT2D eigenvalue weighted by Gasteiger charge is 2.45. The molecule has 0 saturated carbocycles. The van der Waals surface area contributed by atoms with Gasteiger partial charge in [-0.2, -0.15) is 0 Å². The number of aliphatic hydroxyl groups excluding tert-OH is 3. The van der Waals surface area contributed by atoms with E-state index in [4.69, 9.17) is 4.74 Å². The molecule has 1 saturated heterocycles. The Labute approximate surface area is 148 Å². The molecule has 0 bridgehead atoms. The number of hydrogen-bond donors (Lipinski definition) is 7. The van der Waals surface area contributed by atoms with Gasteiger partial charge in [0.25, 0.3) is 0 Å². The first-order valence-electron chi connectivity index (χ1n) is 8.02. The van der Waals surface area contributed by atoms with Crippen LogP contribution in [0.1, 0.15) is 0 Å². The average Bonchev–Trinajstić information content (AvgIpc) is 3.11. The number of amides is 1. The highest BCUT2D eigenvalue weighted by molar-refractivity contribution is 5.82. The number of nitrogens with zero attached hydrogens (tertiary/aromatic N) is 3. The van der Waals surface area contributed by atoms with Crippen molar-refractivity contribution in [1.29, 1.82) is 0 Å². The third-order valence-electron chi connectivity index (χ3n) is 4.10. The molecule has 2 aromatic heterocycles. The minimum Gasteiger partial charge on any atom is -0.394 e. The largest absolute Gasteiger partial charge is 0.394 e. The van der Waals surface area contributed by atoms with Crippen LogP contribution in [0.2, 0.25) is 0 Å². The molecule has 1 fully saturated rings. The zero-order chi connectivity index (χ0) is 18.7. The van der Waals surface area contributed by atoms with Crippen LogP contribution in [0, 0.1) is 0 Å². The SMILES string of the molecule is CNCC(=O)N[C@@H]1[C@@H](O)[C@H](O)[C@H](Nc2ncnc3nc[nH]c23)O[C@H]1CO. The Morgan fingerprint density at radius 2 is 2.12 bits per heavy atom. The highest BCUT2D eigenvalue weighted by Crippen LogP contribution is 2.24. The standard InChI is InChI=1S/C14H21N7O5/c1-15-2-7(23)20-8-6(3-22)26-14(11(25)10(8)24)21-13-9-12(17-4-16-9)18-5-19-13/h4-6,8,10-11,14-15,22,24-25H,2-3H2,1H3,(H,20,23)(H2,16,17,18,19,21)/t6-,8-,10+,11-,14+/m0/s1. The van der Waals surface area contributed by atoms with Crippen molar-refractivity contribution in [2.75, 3.05) is 25.5 Å². The molecule has 1 amide bonds. The second-order valence-corrected chi connectivity index (χ2v) is 5.85. The normalized spacial score (nSPS) is 28.8. The van der Waals surface area contributed by atoms with Gasteiger partial charge in [-0.05, 0) is 7.05 Å². The van der Waals surface area contributed by atoms with Gasteiger partial charge in [0.2, 0.25) is 5.91 Å². The quantitative estimate of drug-likeness (QED) is 0.277. The van der Waals surface area contributed by atoms with Crippen molar-refractivity contribution < 1.29 is 24.9 Å². The summed E-state index contributed by atoms with van der Waals surface area (Å²) in [6, 6.07) is -0.966. The monoisotopic (exact) mass is 367 g/mol. The maximum atomic E-state index is 11.8. The minimum atomic E-state index is -1.38. The van der Waals surface area contributed by atoms with E-state index >= 15 is 0 Å². The first kappa shape index (κ1) is 18.4. The molecule has 1 aliphatic rings. The van der Waals surface area contributed by atoms with Crippen LogP contribution in [0.5, 0.6) is 0 Å². The molecular formula is C14H21N7O5. The van der Waals surface area contributed by atoms with E-state index in [1.165, 1.54) is 12.7 Å². The second-order valence-electron chi connectivity index (χ2n) is 5.85. The van der Waals surface area contributed by atoms with E-state index in [1.807, 2.05) is 0 Å². The van der Waals surface area contributed by atoms with E-state index in [0.29, 0.717) is 17.0 Å². The van der Waals surface area contributed by atoms with Crippen molar-refractivity contribution >= 4 is 22.9 Å². The number of ether oxygens (including phenoxy) is 1. The van der Waals surface area contributed by atoms with Gasteiger partial charge in [0.15, 0.2) is 17.7 Å². The summed E-state index contributed by atoms with van der Waals surface area (Å²) in [6.45, 7) is -0.437. The molecule has 26 heavy (non-hydrogen) atoms. The van der Waals surface area contributed by atoms with Crippen LogP contribution in [0.15, 0.2) is 12.7 Å². The molecule has 12 heteroatoms. The van der Waals surface area contributed by atoms with Crippen molar-refractivity contribution in [3.05, 3.63) is 12.7 Å². The van der Waals surface area contributed by atoms with Gasteiger partial charge in [0, 0.05) is 0 Å². The van der Waals surface area contributed by atoms with Crippen LogP contribution in [0.4, 0.5) is 5.82 Å². The van der Waals surface area contributed by atoms with E-state index in [2.05, 4.69) is 35.9 Å². The number of imidazole rings is 1. The van der Waals surface area contributed by atoms with Crippen molar-refractivity contribution in [1.82, 2.24) is 30.6 Å². The number of anilines is 1. The van der Waals surface area contributed by atoms with Crippen LogP contribution < -0.4 is 16.0 Å². The number of aromatic nitrogens is 4. The van der Waals surface area contributed by atoms with Crippen LogP contribution >= 0.6 is 0 Å². The maximum absolute atomic E-state index is 11.8. The first-order chi connectivity index (χ1) is 12.5. The van der Waals surface area contributed by atoms with Gasteiger partial charge in [-0.3, -0.25) is 4.79 Å². The summed E-state index contributed by atoms with van der Waals surface area (Å²) < 4.78 is 5.64. The fourth-order valence-electron chi connectivity index (χ4n) is 2.83. The third kappa shape index (κ3) is 3.59. The molecule has 3 heterocycles. The number of aliphatic hydroxyl groups is 3. The van der Waals surface area contributed by atoms with E-state index in [-0.39, 0.29) is 6.54 Å². The van der Waals surface area contributed by atoms with Gasteiger partial charge in [-0.25, -0.2) is 15.0 Å². The summed E-state index contributed by atoms with van der Waals surface area (Å²) in [6.07, 6.45) is -2.00. The van der Waals surface area contributed by atoms with Crippen molar-refractivity contribution in [2.45, 2.75) is 30.6 Å². The third-order valence-corrected chi connectivity index (χ3v) is 4.10. The summed E-state index contributed by atoms with van der Waals surface area (Å²) in [5.41, 5.74) is 0.923. The van der Waals surface area contributed by atoms with Gasteiger partial charge >= 0.3 is 0 Å². The van der Waals surface area contributed by atoms with Crippen molar-refractivity contribution in [3.8, 4) is 0 Å². The lowest BCUT2D eigenvalue weighted by molar-refractivity contribution is -0.185. The van der Waals surface area contributed by atoms with Crippen LogP contribution in [0.25, 0.3) is 11.2 Å². The molecule has 7 N–H and O–H groups in total. The summed E-state index contributed by atoms with van der Waals surface area (Å²) >= 11 is 0. The minimum absolute atomic E-state index is 0.0257. The number of carbonyl (C=O) groups excluding carboxylic acids is 1. The number of likely N-dealkylation sites (N-methyl/N-ethyl adjacent to an activating group) is 1. The number of nitrogens with one attached hydrogen (secondary N) is 4. The van der Waals surface area contributed by atoms with Gasteiger partial charge in [0.1, 0.15) is 30.2 Å². The Hall–Kier alpha value is -2.38. The number of hydrogen-bond acceptors (Lipinski definition) is 10. The predicted octanol–water partition coefficient (Wildman–Crippen LogP) is -3.09. The topological polar surface area (TPSA) is 178 Å². The number of fused-ring (bicyclic) bond motifs is 1. The summed E-state index contributed by atoms with van der Waals surface area (Å²) in [7, 11) is 1.60. The van der Waals surface area contributed by atoms with E-state index < -0.39 is 43.1 Å².